The van der Waals surface area contributed by atoms with Gasteiger partial charge in [0, 0.05) is 18.4 Å². The van der Waals surface area contributed by atoms with Gasteiger partial charge in [0.1, 0.15) is 0 Å². The molecule has 0 fully saturated rings. The molecule has 2 rings (SSSR count). The largest absolute Gasteiger partial charge is 0.383 e. The lowest BCUT2D eigenvalue weighted by Crippen LogP contribution is -2.23. The van der Waals surface area contributed by atoms with E-state index in [4.69, 9.17) is 4.74 Å². The molecular formula is C13H18BrN3OS. The van der Waals surface area contributed by atoms with Crippen molar-refractivity contribution in [3.63, 3.8) is 0 Å². The summed E-state index contributed by atoms with van der Waals surface area (Å²) in [7, 11) is 3.69. The molecule has 2 heterocycles. The number of hydrogen-bond donors (Lipinski definition) is 1. The topological polar surface area (TPSA) is 39.1 Å². The number of nitrogens with one attached hydrogen (secondary N) is 1. The summed E-state index contributed by atoms with van der Waals surface area (Å²) in [5.74, 6) is 0. The van der Waals surface area contributed by atoms with E-state index >= 15 is 0 Å². The first-order valence-corrected chi connectivity index (χ1v) is 7.83. The third-order valence-electron chi connectivity index (χ3n) is 3.00. The molecule has 2 aromatic heterocycles. The van der Waals surface area contributed by atoms with Gasteiger partial charge in [-0.2, -0.15) is 5.10 Å². The molecule has 0 saturated heterocycles. The van der Waals surface area contributed by atoms with Gasteiger partial charge in [-0.15, -0.1) is 11.3 Å². The van der Waals surface area contributed by atoms with Crippen molar-refractivity contribution in [3.8, 4) is 0 Å². The smallest absolute Gasteiger partial charge is 0.0700 e. The maximum atomic E-state index is 5.13. The molecule has 0 aliphatic heterocycles. The van der Waals surface area contributed by atoms with Gasteiger partial charge < -0.3 is 10.1 Å². The normalized spacial score (nSPS) is 12.8. The van der Waals surface area contributed by atoms with Crippen LogP contribution in [-0.4, -0.2) is 30.5 Å². The van der Waals surface area contributed by atoms with Crippen molar-refractivity contribution in [2.75, 3.05) is 20.8 Å². The Morgan fingerprint density at radius 1 is 1.58 bits per heavy atom. The number of thiophene rings is 1. The Labute approximate surface area is 125 Å². The highest BCUT2D eigenvalue weighted by Gasteiger charge is 2.19. The Kier molecular flexibility index (Phi) is 5.57. The van der Waals surface area contributed by atoms with E-state index in [0.29, 0.717) is 6.61 Å². The van der Waals surface area contributed by atoms with Crippen LogP contribution < -0.4 is 5.32 Å². The summed E-state index contributed by atoms with van der Waals surface area (Å²) in [5.41, 5.74) is 1.17. The van der Waals surface area contributed by atoms with Gasteiger partial charge in [-0.1, -0.05) is 6.07 Å². The number of aromatic nitrogens is 2. The van der Waals surface area contributed by atoms with E-state index in [1.54, 1.807) is 18.4 Å². The molecule has 0 spiro atoms. The maximum absolute atomic E-state index is 5.13. The molecule has 2 aromatic rings. The lowest BCUT2D eigenvalue weighted by Gasteiger charge is -2.18. The zero-order valence-corrected chi connectivity index (χ0v) is 13.5. The Morgan fingerprint density at radius 2 is 2.42 bits per heavy atom. The summed E-state index contributed by atoms with van der Waals surface area (Å²) >= 11 is 5.38. The standard InChI is InChI=1S/C13H18BrN3OS/c1-15-12(8-10-4-3-7-19-10)13-11(14)9-16-17(13)5-6-18-2/h3-4,7,9,12,15H,5-6,8H2,1-2H3. The molecule has 6 heteroatoms. The van der Waals surface area contributed by atoms with Crippen molar-refractivity contribution in [2.24, 2.45) is 0 Å². The second-order valence-corrected chi connectivity index (χ2v) is 6.11. The Hall–Kier alpha value is -0.690. The molecule has 104 valence electrons. The molecule has 0 amide bonds. The number of hydrogen-bond acceptors (Lipinski definition) is 4. The highest BCUT2D eigenvalue weighted by atomic mass is 79.9. The van der Waals surface area contributed by atoms with Crippen molar-refractivity contribution < 1.29 is 4.74 Å². The summed E-state index contributed by atoms with van der Waals surface area (Å²) in [6, 6.07) is 4.50. The van der Waals surface area contributed by atoms with Gasteiger partial charge in [-0.3, -0.25) is 4.68 Å². The van der Waals surface area contributed by atoms with Gasteiger partial charge in [-0.25, -0.2) is 0 Å². The van der Waals surface area contributed by atoms with E-state index in [0.717, 1.165) is 17.4 Å². The van der Waals surface area contributed by atoms with Crippen LogP contribution in [0, 0.1) is 0 Å². The summed E-state index contributed by atoms with van der Waals surface area (Å²) in [6.45, 7) is 1.43. The third kappa shape index (κ3) is 3.66. The zero-order valence-electron chi connectivity index (χ0n) is 11.1. The minimum atomic E-state index is 0.243. The van der Waals surface area contributed by atoms with E-state index in [-0.39, 0.29) is 6.04 Å². The average Bonchev–Trinajstić information content (AvgIpc) is 3.04. The van der Waals surface area contributed by atoms with Gasteiger partial charge in [0.15, 0.2) is 0 Å². The first-order valence-electron chi connectivity index (χ1n) is 6.16. The first kappa shape index (κ1) is 14.7. The monoisotopic (exact) mass is 343 g/mol. The SMILES string of the molecule is CNC(Cc1cccs1)c1c(Br)cnn1CCOC. The molecule has 1 atom stereocenters. The minimum Gasteiger partial charge on any atom is -0.383 e. The van der Waals surface area contributed by atoms with Gasteiger partial charge in [0.05, 0.1) is 35.6 Å². The molecule has 0 radical (unpaired) electrons. The minimum absolute atomic E-state index is 0.243. The third-order valence-corrected chi connectivity index (χ3v) is 4.51. The van der Waals surface area contributed by atoms with Crippen LogP contribution in [0.25, 0.3) is 0 Å². The lowest BCUT2D eigenvalue weighted by molar-refractivity contribution is 0.181. The lowest BCUT2D eigenvalue weighted by atomic mass is 10.1. The van der Waals surface area contributed by atoms with Gasteiger partial charge in [0.25, 0.3) is 0 Å². The first-order chi connectivity index (χ1) is 9.26. The summed E-state index contributed by atoms with van der Waals surface area (Å²) in [5, 5.41) is 9.89. The highest BCUT2D eigenvalue weighted by Crippen LogP contribution is 2.27. The van der Waals surface area contributed by atoms with Crippen LogP contribution in [0.3, 0.4) is 0 Å². The van der Waals surface area contributed by atoms with Crippen molar-refractivity contribution >= 4 is 27.3 Å². The molecule has 1 unspecified atom stereocenters. The van der Waals surface area contributed by atoms with Crippen LogP contribution in [0.5, 0.6) is 0 Å². The summed E-state index contributed by atoms with van der Waals surface area (Å²) in [6.07, 6.45) is 2.81. The zero-order chi connectivity index (χ0) is 13.7. The van der Waals surface area contributed by atoms with Crippen molar-refractivity contribution in [2.45, 2.75) is 19.0 Å². The van der Waals surface area contributed by atoms with E-state index in [2.05, 4.69) is 43.9 Å². The van der Waals surface area contributed by atoms with Gasteiger partial charge in [-0.05, 0) is 34.4 Å². The number of ether oxygens (including phenoxy) is 1. The van der Waals surface area contributed by atoms with E-state index in [1.807, 2.05) is 17.9 Å². The van der Waals surface area contributed by atoms with Crippen LogP contribution in [0.15, 0.2) is 28.2 Å². The van der Waals surface area contributed by atoms with Crippen LogP contribution in [0.4, 0.5) is 0 Å². The molecule has 0 aromatic carbocycles. The fraction of sp³-hybridized carbons (Fsp3) is 0.462. The predicted molar refractivity (Wildman–Crippen MR) is 81.6 cm³/mol. The van der Waals surface area contributed by atoms with Crippen molar-refractivity contribution in [1.82, 2.24) is 15.1 Å². The summed E-state index contributed by atoms with van der Waals surface area (Å²) in [4.78, 5) is 1.37. The fourth-order valence-corrected chi connectivity index (χ4v) is 3.36. The number of halogens is 1. The summed E-state index contributed by atoms with van der Waals surface area (Å²) < 4.78 is 8.18. The quantitative estimate of drug-likeness (QED) is 0.840. The van der Waals surface area contributed by atoms with E-state index in [9.17, 15) is 0 Å². The Balaban J connectivity index is 2.19. The second-order valence-electron chi connectivity index (χ2n) is 4.22. The van der Waals surface area contributed by atoms with Crippen LogP contribution in [-0.2, 0) is 17.7 Å². The highest BCUT2D eigenvalue weighted by molar-refractivity contribution is 9.10. The fourth-order valence-electron chi connectivity index (χ4n) is 2.04. The van der Waals surface area contributed by atoms with Crippen LogP contribution in [0.2, 0.25) is 0 Å². The number of rotatable bonds is 7. The molecule has 0 aliphatic carbocycles. The Morgan fingerprint density at radius 3 is 3.05 bits per heavy atom. The van der Waals surface area contributed by atoms with E-state index in [1.165, 1.54) is 10.6 Å². The maximum Gasteiger partial charge on any atom is 0.0700 e. The molecule has 1 N–H and O–H groups in total. The van der Waals surface area contributed by atoms with Crippen molar-refractivity contribution in [3.05, 3.63) is 38.8 Å². The molecule has 0 bridgehead atoms. The predicted octanol–water partition coefficient (Wildman–Crippen LogP) is 2.86. The average molecular weight is 344 g/mol. The number of likely N-dealkylation sites (N-methyl/N-ethyl adjacent to an activating group) is 1. The van der Waals surface area contributed by atoms with Gasteiger partial charge >= 0.3 is 0 Å². The molecule has 4 nitrogen and oxygen atoms in total. The van der Waals surface area contributed by atoms with Gasteiger partial charge in [0.2, 0.25) is 0 Å². The second kappa shape index (κ2) is 7.19. The van der Waals surface area contributed by atoms with Crippen LogP contribution in [0.1, 0.15) is 16.6 Å². The number of methoxy groups -OCH3 is 1. The molecular weight excluding hydrogens is 326 g/mol. The molecule has 0 aliphatic rings. The molecule has 19 heavy (non-hydrogen) atoms. The molecule has 0 saturated carbocycles. The van der Waals surface area contributed by atoms with E-state index < -0.39 is 0 Å². The Bertz CT molecular complexity index is 498. The van der Waals surface area contributed by atoms with Crippen molar-refractivity contribution in [1.29, 1.82) is 0 Å². The van der Waals surface area contributed by atoms with Crippen LogP contribution >= 0.6 is 27.3 Å². The number of nitrogens with zero attached hydrogens (tertiary/aromatic N) is 2.